The molecule has 0 radical (unpaired) electrons. The Labute approximate surface area is 117 Å². The van der Waals surface area contributed by atoms with Crippen LogP contribution < -0.4 is 0 Å². The smallest absolute Gasteiger partial charge is 0.324 e. The molecule has 2 aliphatic rings. The van der Waals surface area contributed by atoms with Crippen LogP contribution in [0.25, 0.3) is 0 Å². The van der Waals surface area contributed by atoms with Crippen LogP contribution in [0.2, 0.25) is 0 Å². The summed E-state index contributed by atoms with van der Waals surface area (Å²) >= 11 is 0. The van der Waals surface area contributed by atoms with Gasteiger partial charge in [-0.15, -0.1) is 0 Å². The van der Waals surface area contributed by atoms with Gasteiger partial charge in [-0.2, -0.15) is 0 Å². The highest BCUT2D eigenvalue weighted by Gasteiger charge is 2.49. The van der Waals surface area contributed by atoms with Gasteiger partial charge >= 0.3 is 5.97 Å². The summed E-state index contributed by atoms with van der Waals surface area (Å²) in [6.07, 6.45) is 9.98. The zero-order valence-electron chi connectivity index (χ0n) is 12.5. The zero-order chi connectivity index (χ0) is 13.9. The van der Waals surface area contributed by atoms with Crippen molar-refractivity contribution in [3.63, 3.8) is 0 Å². The second kappa shape index (κ2) is 6.25. The predicted molar refractivity (Wildman–Crippen MR) is 77.3 cm³/mol. The second-order valence-electron chi connectivity index (χ2n) is 6.48. The number of hydrogen-bond acceptors (Lipinski definition) is 2. The number of nitrogens with zero attached hydrogens (tertiary/aromatic N) is 1. The maximum absolute atomic E-state index is 11.9. The third-order valence-corrected chi connectivity index (χ3v) is 5.37. The summed E-state index contributed by atoms with van der Waals surface area (Å²) in [5, 5.41) is 9.78. The lowest BCUT2D eigenvalue weighted by Gasteiger charge is -2.43. The van der Waals surface area contributed by atoms with Gasteiger partial charge in [-0.3, -0.25) is 9.69 Å². The van der Waals surface area contributed by atoms with Crippen molar-refractivity contribution < 1.29 is 9.90 Å². The Morgan fingerprint density at radius 2 is 2.11 bits per heavy atom. The van der Waals surface area contributed by atoms with Crippen LogP contribution in [0.5, 0.6) is 0 Å². The molecule has 110 valence electrons. The lowest BCUT2D eigenvalue weighted by Crippen LogP contribution is -2.55. The zero-order valence-corrected chi connectivity index (χ0v) is 12.5. The van der Waals surface area contributed by atoms with Crippen LogP contribution in [0.3, 0.4) is 0 Å². The van der Waals surface area contributed by atoms with Gasteiger partial charge in [-0.25, -0.2) is 0 Å². The molecule has 1 heterocycles. The molecule has 0 aromatic rings. The number of aliphatic carboxylic acids is 1. The summed E-state index contributed by atoms with van der Waals surface area (Å²) in [5.74, 6) is 0.234. The van der Waals surface area contributed by atoms with E-state index in [1.54, 1.807) is 0 Å². The Kier molecular flexibility index (Phi) is 4.88. The molecule has 1 aliphatic heterocycles. The van der Waals surface area contributed by atoms with Gasteiger partial charge < -0.3 is 5.11 Å². The highest BCUT2D eigenvalue weighted by atomic mass is 16.4. The summed E-state index contributed by atoms with van der Waals surface area (Å²) < 4.78 is 0. The normalized spacial score (nSPS) is 36.5. The van der Waals surface area contributed by atoms with Gasteiger partial charge in [0.05, 0.1) is 0 Å². The van der Waals surface area contributed by atoms with Crippen molar-refractivity contribution in [2.75, 3.05) is 6.54 Å². The van der Waals surface area contributed by atoms with Gasteiger partial charge in [0.2, 0.25) is 0 Å². The first-order valence-electron chi connectivity index (χ1n) is 8.14. The molecule has 0 spiro atoms. The van der Waals surface area contributed by atoms with Gasteiger partial charge in [0.1, 0.15) is 5.54 Å². The van der Waals surface area contributed by atoms with E-state index in [1.807, 2.05) is 0 Å². The number of rotatable bonds is 5. The molecule has 0 amide bonds. The number of hydrogen-bond donors (Lipinski definition) is 1. The van der Waals surface area contributed by atoms with Gasteiger partial charge in [-0.1, -0.05) is 39.5 Å². The number of likely N-dealkylation sites (tertiary alicyclic amines) is 1. The largest absolute Gasteiger partial charge is 0.480 e. The van der Waals surface area contributed by atoms with Crippen molar-refractivity contribution in [3.05, 3.63) is 0 Å². The molecular formula is C16H29NO2. The SMILES string of the molecule is CCCC1(C(=O)O)CCCN1C1CCCC(CC)C1. The first kappa shape index (κ1) is 14.8. The molecule has 0 aromatic carbocycles. The first-order valence-corrected chi connectivity index (χ1v) is 8.14. The summed E-state index contributed by atoms with van der Waals surface area (Å²) in [6.45, 7) is 5.37. The molecule has 3 nitrogen and oxygen atoms in total. The van der Waals surface area contributed by atoms with Crippen LogP contribution in [-0.4, -0.2) is 34.1 Å². The van der Waals surface area contributed by atoms with Crippen LogP contribution in [0.15, 0.2) is 0 Å². The van der Waals surface area contributed by atoms with Gasteiger partial charge in [-0.05, 0) is 44.6 Å². The molecule has 2 fully saturated rings. The molecule has 19 heavy (non-hydrogen) atoms. The fourth-order valence-corrected chi connectivity index (χ4v) is 4.37. The minimum Gasteiger partial charge on any atom is -0.480 e. The van der Waals surface area contributed by atoms with E-state index in [2.05, 4.69) is 18.7 Å². The maximum atomic E-state index is 11.9. The van der Waals surface area contributed by atoms with E-state index in [0.29, 0.717) is 6.04 Å². The van der Waals surface area contributed by atoms with Gasteiger partial charge in [0.25, 0.3) is 0 Å². The van der Waals surface area contributed by atoms with E-state index in [0.717, 1.165) is 38.1 Å². The van der Waals surface area contributed by atoms with Crippen molar-refractivity contribution in [3.8, 4) is 0 Å². The standard InChI is InChI=1S/C16H29NO2/c1-3-9-16(15(18)19)10-6-11-17(16)14-8-5-7-13(4-2)12-14/h13-14H,3-12H2,1-2H3,(H,18,19). The van der Waals surface area contributed by atoms with E-state index in [1.165, 1.54) is 32.1 Å². The van der Waals surface area contributed by atoms with Crippen LogP contribution in [0.1, 0.15) is 71.6 Å². The van der Waals surface area contributed by atoms with Crippen LogP contribution in [-0.2, 0) is 4.79 Å². The number of carboxylic acid groups (broad SMARTS) is 1. The van der Waals surface area contributed by atoms with E-state index >= 15 is 0 Å². The Morgan fingerprint density at radius 1 is 1.32 bits per heavy atom. The Balaban J connectivity index is 2.14. The molecule has 1 saturated heterocycles. The highest BCUT2D eigenvalue weighted by molar-refractivity contribution is 5.79. The molecule has 1 saturated carbocycles. The monoisotopic (exact) mass is 267 g/mol. The lowest BCUT2D eigenvalue weighted by molar-refractivity contribution is -0.152. The molecule has 1 aliphatic carbocycles. The average Bonchev–Trinajstić information content (AvgIpc) is 2.84. The average molecular weight is 267 g/mol. The van der Waals surface area contributed by atoms with E-state index in [4.69, 9.17) is 0 Å². The van der Waals surface area contributed by atoms with Crippen molar-refractivity contribution in [1.29, 1.82) is 0 Å². The minimum absolute atomic E-state index is 0.517. The Bertz CT molecular complexity index is 318. The fraction of sp³-hybridized carbons (Fsp3) is 0.938. The van der Waals surface area contributed by atoms with Gasteiger partial charge in [0.15, 0.2) is 0 Å². The highest BCUT2D eigenvalue weighted by Crippen LogP contribution is 2.40. The summed E-state index contributed by atoms with van der Waals surface area (Å²) in [4.78, 5) is 14.3. The van der Waals surface area contributed by atoms with Crippen molar-refractivity contribution in [2.24, 2.45) is 5.92 Å². The molecule has 3 heteroatoms. The Morgan fingerprint density at radius 3 is 2.74 bits per heavy atom. The quantitative estimate of drug-likeness (QED) is 0.826. The Hall–Kier alpha value is -0.570. The third kappa shape index (κ3) is 2.81. The van der Waals surface area contributed by atoms with Crippen molar-refractivity contribution >= 4 is 5.97 Å². The molecule has 1 N–H and O–H groups in total. The van der Waals surface area contributed by atoms with E-state index in [-0.39, 0.29) is 0 Å². The maximum Gasteiger partial charge on any atom is 0.324 e. The lowest BCUT2D eigenvalue weighted by atomic mass is 9.81. The molecular weight excluding hydrogens is 238 g/mol. The number of carboxylic acids is 1. The molecule has 3 atom stereocenters. The first-order chi connectivity index (χ1) is 9.14. The van der Waals surface area contributed by atoms with E-state index < -0.39 is 11.5 Å². The third-order valence-electron chi connectivity index (χ3n) is 5.37. The summed E-state index contributed by atoms with van der Waals surface area (Å²) in [6, 6.07) is 0.517. The summed E-state index contributed by atoms with van der Waals surface area (Å²) in [5.41, 5.74) is -0.547. The molecule has 3 unspecified atom stereocenters. The fourth-order valence-electron chi connectivity index (χ4n) is 4.37. The molecule has 0 aromatic heterocycles. The molecule has 2 rings (SSSR count). The topological polar surface area (TPSA) is 40.5 Å². The van der Waals surface area contributed by atoms with Crippen LogP contribution >= 0.6 is 0 Å². The minimum atomic E-state index is -0.578. The predicted octanol–water partition coefficient (Wildman–Crippen LogP) is 3.67. The van der Waals surface area contributed by atoms with Crippen molar-refractivity contribution in [2.45, 2.75) is 83.2 Å². The van der Waals surface area contributed by atoms with Crippen LogP contribution in [0.4, 0.5) is 0 Å². The van der Waals surface area contributed by atoms with Crippen LogP contribution in [0, 0.1) is 5.92 Å². The second-order valence-corrected chi connectivity index (χ2v) is 6.48. The van der Waals surface area contributed by atoms with Crippen molar-refractivity contribution in [1.82, 2.24) is 4.90 Å². The summed E-state index contributed by atoms with van der Waals surface area (Å²) in [7, 11) is 0. The molecule has 0 bridgehead atoms. The van der Waals surface area contributed by atoms with Gasteiger partial charge in [0, 0.05) is 6.04 Å². The van der Waals surface area contributed by atoms with E-state index in [9.17, 15) is 9.90 Å². The number of carbonyl (C=O) groups is 1.